The maximum Gasteiger partial charge on any atom is 0.239 e. The Labute approximate surface area is 94.3 Å². The monoisotopic (exact) mass is 234 g/mol. The summed E-state index contributed by atoms with van der Waals surface area (Å²) in [4.78, 5) is 5.03. The van der Waals surface area contributed by atoms with Crippen molar-refractivity contribution in [1.29, 1.82) is 0 Å². The molecule has 2 heterocycles. The van der Waals surface area contributed by atoms with Crippen LogP contribution in [0.5, 0.6) is 0 Å². The number of hydrogen-bond donors (Lipinski definition) is 1. The normalized spacial score (nSPS) is 11.1. The van der Waals surface area contributed by atoms with Gasteiger partial charge in [-0.2, -0.15) is 0 Å². The summed E-state index contributed by atoms with van der Waals surface area (Å²) in [7, 11) is 0. The molecule has 0 spiro atoms. The van der Waals surface area contributed by atoms with Crippen LogP contribution in [0.3, 0.4) is 0 Å². The predicted octanol–water partition coefficient (Wildman–Crippen LogP) is 3.28. The number of benzene rings is 1. The highest BCUT2D eigenvalue weighted by Crippen LogP contribution is 2.32. The van der Waals surface area contributed by atoms with Crippen molar-refractivity contribution in [3.63, 3.8) is 0 Å². The average Bonchev–Trinajstić information content (AvgIpc) is 2.82. The van der Waals surface area contributed by atoms with Crippen molar-refractivity contribution in [2.75, 3.05) is 5.73 Å². The number of nitrogens with zero attached hydrogens (tertiary/aromatic N) is 1. The molecule has 0 radical (unpaired) electrons. The van der Waals surface area contributed by atoms with E-state index in [9.17, 15) is 4.39 Å². The smallest absolute Gasteiger partial charge is 0.239 e. The number of rotatable bonds is 1. The van der Waals surface area contributed by atoms with Crippen molar-refractivity contribution in [1.82, 2.24) is 4.98 Å². The van der Waals surface area contributed by atoms with Gasteiger partial charge in [-0.1, -0.05) is 0 Å². The molecule has 0 bridgehead atoms. The summed E-state index contributed by atoms with van der Waals surface area (Å²) in [6, 6.07) is 6.04. The van der Waals surface area contributed by atoms with Crippen molar-refractivity contribution in [3.05, 3.63) is 35.5 Å². The topological polar surface area (TPSA) is 52.0 Å². The average molecular weight is 234 g/mol. The minimum Gasteiger partial charge on any atom is -0.435 e. The third-order valence-corrected chi connectivity index (χ3v) is 3.16. The standard InChI is InChI=1S/C11H7FN2OS/c12-6-1-2-8-9(5-6)15-11(14-8)10-7(13)3-4-16-10/h1-5H,13H2. The van der Waals surface area contributed by atoms with E-state index in [1.54, 1.807) is 12.1 Å². The summed E-state index contributed by atoms with van der Waals surface area (Å²) in [5.74, 6) is 0.0995. The maximum atomic E-state index is 13.0. The molecular formula is C11H7FN2OS. The molecule has 5 heteroatoms. The van der Waals surface area contributed by atoms with Crippen molar-refractivity contribution < 1.29 is 8.81 Å². The Balaban J connectivity index is 2.23. The zero-order chi connectivity index (χ0) is 11.1. The molecule has 0 aliphatic carbocycles. The van der Waals surface area contributed by atoms with E-state index >= 15 is 0 Å². The second-order valence-electron chi connectivity index (χ2n) is 3.34. The molecule has 3 aromatic rings. The van der Waals surface area contributed by atoms with Gasteiger partial charge in [0, 0.05) is 6.07 Å². The molecule has 0 unspecified atom stereocenters. The molecule has 0 amide bonds. The first kappa shape index (κ1) is 9.35. The lowest BCUT2D eigenvalue weighted by Gasteiger charge is -1.90. The summed E-state index contributed by atoms with van der Waals surface area (Å²) in [6.45, 7) is 0. The molecule has 0 atom stereocenters. The molecule has 16 heavy (non-hydrogen) atoms. The zero-order valence-electron chi connectivity index (χ0n) is 8.11. The summed E-state index contributed by atoms with van der Waals surface area (Å²) < 4.78 is 18.4. The van der Waals surface area contributed by atoms with Gasteiger partial charge in [-0.15, -0.1) is 11.3 Å². The number of thiophene rings is 1. The lowest BCUT2D eigenvalue weighted by molar-refractivity contribution is 0.603. The van der Waals surface area contributed by atoms with Crippen molar-refractivity contribution in [2.24, 2.45) is 0 Å². The fraction of sp³-hybridized carbons (Fsp3) is 0. The number of fused-ring (bicyclic) bond motifs is 1. The second kappa shape index (κ2) is 3.31. The number of oxazole rings is 1. The van der Waals surface area contributed by atoms with Crippen LogP contribution in [-0.4, -0.2) is 4.98 Å². The van der Waals surface area contributed by atoms with Gasteiger partial charge in [0.15, 0.2) is 5.58 Å². The Morgan fingerprint density at radius 3 is 2.94 bits per heavy atom. The molecule has 0 saturated heterocycles. The van der Waals surface area contributed by atoms with E-state index < -0.39 is 0 Å². The fourth-order valence-corrected chi connectivity index (χ4v) is 2.23. The molecular weight excluding hydrogens is 227 g/mol. The number of hydrogen-bond acceptors (Lipinski definition) is 4. The third kappa shape index (κ3) is 1.37. The lowest BCUT2D eigenvalue weighted by atomic mass is 10.3. The van der Waals surface area contributed by atoms with E-state index in [2.05, 4.69) is 4.98 Å². The van der Waals surface area contributed by atoms with Crippen molar-refractivity contribution >= 4 is 28.1 Å². The largest absolute Gasteiger partial charge is 0.435 e. The minimum absolute atomic E-state index is 0.339. The van der Waals surface area contributed by atoms with Crippen molar-refractivity contribution in [2.45, 2.75) is 0 Å². The van der Waals surface area contributed by atoms with Gasteiger partial charge < -0.3 is 10.2 Å². The van der Waals surface area contributed by atoms with Gasteiger partial charge in [-0.25, -0.2) is 9.37 Å². The van der Waals surface area contributed by atoms with Crippen LogP contribution in [0.25, 0.3) is 21.9 Å². The zero-order valence-corrected chi connectivity index (χ0v) is 8.92. The molecule has 1 aromatic carbocycles. The minimum atomic E-state index is -0.339. The molecule has 2 aromatic heterocycles. The predicted molar refractivity (Wildman–Crippen MR) is 61.7 cm³/mol. The molecule has 0 aliphatic rings. The molecule has 0 fully saturated rings. The van der Waals surface area contributed by atoms with Crippen LogP contribution < -0.4 is 5.73 Å². The first-order valence-corrected chi connectivity index (χ1v) is 5.51. The first-order chi connectivity index (χ1) is 7.74. The summed E-state index contributed by atoms with van der Waals surface area (Å²) in [6.07, 6.45) is 0. The Kier molecular flexibility index (Phi) is 1.94. The van der Waals surface area contributed by atoms with E-state index in [0.717, 1.165) is 4.88 Å². The molecule has 2 N–H and O–H groups in total. The van der Waals surface area contributed by atoms with Gasteiger partial charge in [-0.3, -0.25) is 0 Å². The Hall–Kier alpha value is -1.88. The quantitative estimate of drug-likeness (QED) is 0.703. The fourth-order valence-electron chi connectivity index (χ4n) is 1.49. The van der Waals surface area contributed by atoms with E-state index in [1.807, 2.05) is 5.38 Å². The van der Waals surface area contributed by atoms with E-state index in [-0.39, 0.29) is 5.82 Å². The van der Waals surface area contributed by atoms with Crippen LogP contribution in [0.15, 0.2) is 34.1 Å². The van der Waals surface area contributed by atoms with E-state index in [0.29, 0.717) is 22.7 Å². The van der Waals surface area contributed by atoms with Crippen LogP contribution in [0.4, 0.5) is 10.1 Å². The highest BCUT2D eigenvalue weighted by atomic mass is 32.1. The Morgan fingerprint density at radius 2 is 2.19 bits per heavy atom. The Morgan fingerprint density at radius 1 is 1.31 bits per heavy atom. The lowest BCUT2D eigenvalue weighted by Crippen LogP contribution is -1.83. The van der Waals surface area contributed by atoms with Crippen LogP contribution in [0.1, 0.15) is 0 Å². The SMILES string of the molecule is Nc1ccsc1-c1nc2ccc(F)cc2o1. The molecule has 0 aliphatic heterocycles. The van der Waals surface area contributed by atoms with Gasteiger partial charge in [0.1, 0.15) is 16.2 Å². The molecule has 3 nitrogen and oxygen atoms in total. The van der Waals surface area contributed by atoms with Crippen molar-refractivity contribution in [3.8, 4) is 10.8 Å². The highest BCUT2D eigenvalue weighted by molar-refractivity contribution is 7.14. The Bertz CT molecular complexity index is 659. The third-order valence-electron chi connectivity index (χ3n) is 2.24. The number of halogens is 1. The van der Waals surface area contributed by atoms with Gasteiger partial charge in [0.25, 0.3) is 0 Å². The summed E-state index contributed by atoms with van der Waals surface area (Å²) in [5.41, 5.74) is 7.44. The van der Waals surface area contributed by atoms with Gasteiger partial charge in [0.05, 0.1) is 5.69 Å². The molecule has 0 saturated carbocycles. The van der Waals surface area contributed by atoms with Crippen LogP contribution in [-0.2, 0) is 0 Å². The number of nitrogen functional groups attached to an aromatic ring is 1. The van der Waals surface area contributed by atoms with E-state index in [4.69, 9.17) is 10.2 Å². The summed E-state index contributed by atoms with van der Waals surface area (Å²) in [5, 5.41) is 1.86. The molecule has 80 valence electrons. The second-order valence-corrected chi connectivity index (χ2v) is 4.25. The summed E-state index contributed by atoms with van der Waals surface area (Å²) >= 11 is 1.45. The van der Waals surface area contributed by atoms with Gasteiger partial charge in [-0.05, 0) is 23.6 Å². The number of nitrogens with two attached hydrogens (primary N) is 1. The van der Waals surface area contributed by atoms with Gasteiger partial charge >= 0.3 is 0 Å². The number of anilines is 1. The van der Waals surface area contributed by atoms with Gasteiger partial charge in [0.2, 0.25) is 5.89 Å². The van der Waals surface area contributed by atoms with Crippen LogP contribution in [0, 0.1) is 5.82 Å². The number of aromatic nitrogens is 1. The van der Waals surface area contributed by atoms with E-state index in [1.165, 1.54) is 23.5 Å². The van der Waals surface area contributed by atoms with Crippen LogP contribution in [0.2, 0.25) is 0 Å². The first-order valence-electron chi connectivity index (χ1n) is 4.63. The maximum absolute atomic E-state index is 13.0. The van der Waals surface area contributed by atoms with Crippen LogP contribution >= 0.6 is 11.3 Å². The highest BCUT2D eigenvalue weighted by Gasteiger charge is 2.12. The molecule has 3 rings (SSSR count).